The molecule has 0 unspecified atom stereocenters. The van der Waals surface area contributed by atoms with Crippen molar-refractivity contribution in [1.29, 1.82) is 0 Å². The van der Waals surface area contributed by atoms with E-state index in [2.05, 4.69) is 123 Å². The fraction of sp³-hybridized carbons (Fsp3) is 0.172. The summed E-state index contributed by atoms with van der Waals surface area (Å²) in [6.07, 6.45) is 0. The summed E-state index contributed by atoms with van der Waals surface area (Å²) in [5.41, 5.74) is 8.24. The highest BCUT2D eigenvalue weighted by atomic mass is 14.7. The summed E-state index contributed by atoms with van der Waals surface area (Å²) < 4.78 is 0. The quantitative estimate of drug-likeness (QED) is 0.355. The zero-order chi connectivity index (χ0) is 19.8. The second-order valence-corrected chi connectivity index (χ2v) is 8.38. The zero-order valence-electron chi connectivity index (χ0n) is 17.0. The molecular formula is C29H26. The van der Waals surface area contributed by atoms with Gasteiger partial charge in [-0.2, -0.15) is 0 Å². The fourth-order valence-corrected chi connectivity index (χ4v) is 5.16. The molecule has 4 aromatic rings. The van der Waals surface area contributed by atoms with Gasteiger partial charge in [0.25, 0.3) is 0 Å². The first kappa shape index (κ1) is 17.9. The SMILES string of the molecule is Cc1ccc(C2(c3ccc(C)cc3)[C@@H](c3ccccc3)[C@@H]2c2ccccc2)cc1. The summed E-state index contributed by atoms with van der Waals surface area (Å²) in [5.74, 6) is 0.855. The van der Waals surface area contributed by atoms with E-state index in [0.717, 1.165) is 0 Å². The van der Waals surface area contributed by atoms with Crippen molar-refractivity contribution in [2.45, 2.75) is 31.1 Å². The predicted molar refractivity (Wildman–Crippen MR) is 122 cm³/mol. The Hall–Kier alpha value is -3.12. The standard InChI is InChI=1S/C29H26/c1-21-13-17-25(18-14-21)29(26-19-15-22(2)16-20-26)27(23-9-5-3-6-10-23)28(29)24-11-7-4-8-12-24/h3-20,27-28H,1-2H3/t27-,28-/m0/s1. The van der Waals surface area contributed by atoms with E-state index >= 15 is 0 Å². The second kappa shape index (κ2) is 7.04. The van der Waals surface area contributed by atoms with Gasteiger partial charge < -0.3 is 0 Å². The van der Waals surface area contributed by atoms with Crippen molar-refractivity contribution in [3.05, 3.63) is 143 Å². The summed E-state index contributed by atoms with van der Waals surface area (Å²) in [5, 5.41) is 0. The van der Waals surface area contributed by atoms with Crippen molar-refractivity contribution < 1.29 is 0 Å². The predicted octanol–water partition coefficient (Wildman–Crippen LogP) is 7.17. The van der Waals surface area contributed by atoms with E-state index in [1.807, 2.05) is 0 Å². The third kappa shape index (κ3) is 2.91. The first-order valence-electron chi connectivity index (χ1n) is 10.5. The Morgan fingerprint density at radius 3 is 1.14 bits per heavy atom. The molecule has 1 saturated carbocycles. The molecule has 1 fully saturated rings. The third-order valence-corrected chi connectivity index (χ3v) is 6.58. The molecular weight excluding hydrogens is 348 g/mol. The maximum absolute atomic E-state index is 2.34. The van der Waals surface area contributed by atoms with E-state index in [1.54, 1.807) is 0 Å². The molecule has 2 atom stereocenters. The molecule has 1 aliphatic rings. The van der Waals surface area contributed by atoms with Crippen LogP contribution < -0.4 is 0 Å². The molecule has 0 heteroatoms. The first-order valence-corrected chi connectivity index (χ1v) is 10.5. The van der Waals surface area contributed by atoms with Crippen LogP contribution in [-0.2, 0) is 5.41 Å². The molecule has 0 bridgehead atoms. The molecule has 0 aliphatic heterocycles. The van der Waals surface area contributed by atoms with Gasteiger partial charge in [0, 0.05) is 17.3 Å². The molecule has 0 amide bonds. The smallest absolute Gasteiger partial charge is 0.0352 e. The van der Waals surface area contributed by atoms with E-state index in [4.69, 9.17) is 0 Å². The molecule has 4 aromatic carbocycles. The first-order chi connectivity index (χ1) is 14.2. The summed E-state index contributed by atoms with van der Waals surface area (Å²) >= 11 is 0. The van der Waals surface area contributed by atoms with Crippen LogP contribution >= 0.6 is 0 Å². The van der Waals surface area contributed by atoms with Gasteiger partial charge in [0.05, 0.1) is 0 Å². The molecule has 0 nitrogen and oxygen atoms in total. The molecule has 0 N–H and O–H groups in total. The maximum atomic E-state index is 2.34. The molecule has 0 aromatic heterocycles. The normalized spacial score (nSPS) is 19.7. The maximum Gasteiger partial charge on any atom is 0.0352 e. The van der Waals surface area contributed by atoms with Crippen molar-refractivity contribution >= 4 is 0 Å². The van der Waals surface area contributed by atoms with Gasteiger partial charge in [0.2, 0.25) is 0 Å². The number of aryl methyl sites for hydroxylation is 2. The number of rotatable bonds is 4. The molecule has 0 spiro atoms. The van der Waals surface area contributed by atoms with Crippen LogP contribution in [0.5, 0.6) is 0 Å². The van der Waals surface area contributed by atoms with Gasteiger partial charge in [0.1, 0.15) is 0 Å². The largest absolute Gasteiger partial charge is 0.0622 e. The van der Waals surface area contributed by atoms with E-state index in [0.29, 0.717) is 11.8 Å². The van der Waals surface area contributed by atoms with Crippen LogP contribution in [0.15, 0.2) is 109 Å². The highest BCUT2D eigenvalue weighted by Crippen LogP contribution is 2.73. The zero-order valence-corrected chi connectivity index (χ0v) is 17.0. The minimum absolute atomic E-state index is 0.0376. The van der Waals surface area contributed by atoms with Crippen LogP contribution in [0.25, 0.3) is 0 Å². The van der Waals surface area contributed by atoms with Crippen molar-refractivity contribution in [3.63, 3.8) is 0 Å². The molecule has 0 heterocycles. The Kier molecular flexibility index (Phi) is 4.36. The lowest BCUT2D eigenvalue weighted by atomic mass is 9.81. The summed E-state index contributed by atoms with van der Waals surface area (Å²) in [6, 6.07) is 40.5. The summed E-state index contributed by atoms with van der Waals surface area (Å²) in [4.78, 5) is 0. The third-order valence-electron chi connectivity index (χ3n) is 6.58. The summed E-state index contributed by atoms with van der Waals surface area (Å²) in [7, 11) is 0. The molecule has 5 rings (SSSR count). The van der Waals surface area contributed by atoms with Crippen molar-refractivity contribution in [3.8, 4) is 0 Å². The van der Waals surface area contributed by atoms with Gasteiger partial charge in [-0.15, -0.1) is 0 Å². The minimum atomic E-state index is -0.0376. The van der Waals surface area contributed by atoms with Crippen molar-refractivity contribution in [2.24, 2.45) is 0 Å². The average Bonchev–Trinajstić information content (AvgIpc) is 3.47. The van der Waals surface area contributed by atoms with Crippen LogP contribution in [0.2, 0.25) is 0 Å². The second-order valence-electron chi connectivity index (χ2n) is 8.38. The highest BCUT2D eigenvalue weighted by molar-refractivity contribution is 5.62. The van der Waals surface area contributed by atoms with Crippen molar-refractivity contribution in [1.82, 2.24) is 0 Å². The Bertz CT molecular complexity index is 997. The van der Waals surface area contributed by atoms with E-state index < -0.39 is 0 Å². The van der Waals surface area contributed by atoms with E-state index in [-0.39, 0.29) is 5.41 Å². The van der Waals surface area contributed by atoms with Crippen LogP contribution in [0.3, 0.4) is 0 Å². The average molecular weight is 375 g/mol. The van der Waals surface area contributed by atoms with Crippen LogP contribution in [0.4, 0.5) is 0 Å². The van der Waals surface area contributed by atoms with Gasteiger partial charge in [-0.3, -0.25) is 0 Å². The summed E-state index contributed by atoms with van der Waals surface area (Å²) in [6.45, 7) is 4.33. The van der Waals surface area contributed by atoms with Gasteiger partial charge in [-0.05, 0) is 36.1 Å². The van der Waals surface area contributed by atoms with E-state index in [1.165, 1.54) is 33.4 Å². The van der Waals surface area contributed by atoms with Crippen LogP contribution in [0.1, 0.15) is 45.2 Å². The molecule has 29 heavy (non-hydrogen) atoms. The van der Waals surface area contributed by atoms with Gasteiger partial charge in [-0.25, -0.2) is 0 Å². The van der Waals surface area contributed by atoms with Gasteiger partial charge >= 0.3 is 0 Å². The van der Waals surface area contributed by atoms with E-state index in [9.17, 15) is 0 Å². The number of hydrogen-bond donors (Lipinski definition) is 0. The lowest BCUT2D eigenvalue weighted by Crippen LogP contribution is -2.14. The topological polar surface area (TPSA) is 0 Å². The number of hydrogen-bond acceptors (Lipinski definition) is 0. The van der Waals surface area contributed by atoms with Gasteiger partial charge in [-0.1, -0.05) is 120 Å². The van der Waals surface area contributed by atoms with Crippen LogP contribution in [0, 0.1) is 13.8 Å². The monoisotopic (exact) mass is 374 g/mol. The number of benzene rings is 4. The Morgan fingerprint density at radius 2 is 0.793 bits per heavy atom. The van der Waals surface area contributed by atoms with Gasteiger partial charge in [0.15, 0.2) is 0 Å². The molecule has 0 radical (unpaired) electrons. The molecule has 0 saturated heterocycles. The van der Waals surface area contributed by atoms with Crippen LogP contribution in [-0.4, -0.2) is 0 Å². The molecule has 142 valence electrons. The highest BCUT2D eigenvalue weighted by Gasteiger charge is 2.67. The minimum Gasteiger partial charge on any atom is -0.0622 e. The fourth-order valence-electron chi connectivity index (χ4n) is 5.16. The Morgan fingerprint density at radius 1 is 0.448 bits per heavy atom. The lowest BCUT2D eigenvalue weighted by Gasteiger charge is -2.21. The Balaban J connectivity index is 1.77. The molecule has 1 aliphatic carbocycles. The Labute approximate surface area is 173 Å². The van der Waals surface area contributed by atoms with Crippen molar-refractivity contribution in [2.75, 3.05) is 0 Å². The lowest BCUT2D eigenvalue weighted by molar-refractivity contribution is 0.781.